The quantitative estimate of drug-likeness (QED) is 0.322. The number of hydrogen-bond acceptors (Lipinski definition) is 6. The Bertz CT molecular complexity index is 799. The van der Waals surface area contributed by atoms with Gasteiger partial charge in [0.25, 0.3) is 10.1 Å². The molecule has 1 aromatic heterocycles. The second kappa shape index (κ2) is 8.32. The monoisotopic (exact) mass is 369 g/mol. The van der Waals surface area contributed by atoms with E-state index in [1.54, 1.807) is 0 Å². The standard InChI is InChI=1S/C15H20N4O3S2/c1-12-11-19(9-3-4-10-24(20,21)22)15(23-12)18-17-14-7-5-13(16-2)6-8-14/h5-8,11H,3-4,9-10H2,1-2H3,(H,20,21,22)/p+1. The zero-order valence-corrected chi connectivity index (χ0v) is 15.3. The summed E-state index contributed by atoms with van der Waals surface area (Å²) in [6.45, 7) is 2.62. The SMILES string of the molecule is CNc1ccc(N=Nc2sc(C)c[n+]2CCCCS(=O)(=O)O)cc1. The van der Waals surface area contributed by atoms with Crippen LogP contribution in [0.4, 0.5) is 16.5 Å². The number of hydrogen-bond donors (Lipinski definition) is 2. The predicted octanol–water partition coefficient (Wildman–Crippen LogP) is 3.47. The summed E-state index contributed by atoms with van der Waals surface area (Å²) >= 11 is 1.53. The Morgan fingerprint density at radius 1 is 1.21 bits per heavy atom. The first-order chi connectivity index (χ1) is 11.4. The molecule has 0 aliphatic heterocycles. The van der Waals surface area contributed by atoms with Gasteiger partial charge in [0.05, 0.1) is 17.4 Å². The summed E-state index contributed by atoms with van der Waals surface area (Å²) in [6, 6.07) is 7.62. The van der Waals surface area contributed by atoms with Gasteiger partial charge in [-0.1, -0.05) is 0 Å². The van der Waals surface area contributed by atoms with E-state index < -0.39 is 10.1 Å². The fourth-order valence-electron chi connectivity index (χ4n) is 2.10. The minimum absolute atomic E-state index is 0.217. The highest BCUT2D eigenvalue weighted by molar-refractivity contribution is 7.85. The van der Waals surface area contributed by atoms with Crippen LogP contribution in [0.1, 0.15) is 17.7 Å². The third-order valence-electron chi connectivity index (χ3n) is 3.29. The van der Waals surface area contributed by atoms with E-state index in [4.69, 9.17) is 4.55 Å². The fraction of sp³-hybridized carbons (Fsp3) is 0.400. The van der Waals surface area contributed by atoms with Crippen LogP contribution in [0.2, 0.25) is 0 Å². The molecule has 1 heterocycles. The van der Waals surface area contributed by atoms with Gasteiger partial charge in [0.1, 0.15) is 11.9 Å². The molecule has 2 rings (SSSR count). The second-order valence-corrected chi connectivity index (χ2v) is 8.09. The first-order valence-corrected chi connectivity index (χ1v) is 9.94. The van der Waals surface area contributed by atoms with E-state index in [0.717, 1.165) is 21.4 Å². The molecule has 7 nitrogen and oxygen atoms in total. The maximum absolute atomic E-state index is 10.7. The van der Waals surface area contributed by atoms with E-state index in [-0.39, 0.29) is 5.75 Å². The lowest BCUT2D eigenvalue weighted by molar-refractivity contribution is -0.680. The van der Waals surface area contributed by atoms with Crippen LogP contribution in [0.5, 0.6) is 0 Å². The van der Waals surface area contributed by atoms with Gasteiger partial charge in [-0.3, -0.25) is 4.55 Å². The number of anilines is 1. The normalized spacial score (nSPS) is 12.0. The molecule has 130 valence electrons. The summed E-state index contributed by atoms with van der Waals surface area (Å²) in [6.07, 6.45) is 3.01. The van der Waals surface area contributed by atoms with Gasteiger partial charge in [0.2, 0.25) is 0 Å². The molecule has 0 amide bonds. The van der Waals surface area contributed by atoms with Crippen molar-refractivity contribution in [2.75, 3.05) is 18.1 Å². The minimum atomic E-state index is -3.89. The highest BCUT2D eigenvalue weighted by atomic mass is 32.2. The van der Waals surface area contributed by atoms with Gasteiger partial charge < -0.3 is 5.32 Å². The summed E-state index contributed by atoms with van der Waals surface area (Å²) in [5, 5.41) is 12.3. The van der Waals surface area contributed by atoms with E-state index in [2.05, 4.69) is 15.5 Å². The summed E-state index contributed by atoms with van der Waals surface area (Å²) in [7, 11) is -2.03. The molecule has 0 unspecified atom stereocenters. The number of nitrogens with zero attached hydrogens (tertiary/aromatic N) is 3. The molecular weight excluding hydrogens is 348 g/mol. The third kappa shape index (κ3) is 5.99. The summed E-state index contributed by atoms with van der Waals surface area (Å²) in [5.41, 5.74) is 1.77. The Kier molecular flexibility index (Phi) is 6.41. The van der Waals surface area contributed by atoms with Crippen molar-refractivity contribution in [2.45, 2.75) is 26.3 Å². The molecule has 0 atom stereocenters. The Labute approximate surface area is 145 Å². The predicted molar refractivity (Wildman–Crippen MR) is 95.1 cm³/mol. The smallest absolute Gasteiger partial charge is 0.388 e. The zero-order chi connectivity index (χ0) is 17.6. The number of rotatable bonds is 8. The van der Waals surface area contributed by atoms with Crippen molar-refractivity contribution in [3.63, 3.8) is 0 Å². The van der Waals surface area contributed by atoms with Crippen LogP contribution < -0.4 is 9.88 Å². The molecule has 0 saturated carbocycles. The molecule has 2 aromatic rings. The largest absolute Gasteiger partial charge is 0.408 e. The van der Waals surface area contributed by atoms with E-state index in [9.17, 15) is 8.42 Å². The third-order valence-corrected chi connectivity index (χ3v) is 5.02. The van der Waals surface area contributed by atoms with Crippen LogP contribution in [-0.4, -0.2) is 25.8 Å². The summed E-state index contributed by atoms with van der Waals surface area (Å²) < 4.78 is 32.2. The molecule has 0 aliphatic rings. The van der Waals surface area contributed by atoms with E-state index in [1.165, 1.54) is 11.3 Å². The van der Waals surface area contributed by atoms with E-state index in [0.29, 0.717) is 19.4 Å². The number of nitrogens with one attached hydrogen (secondary N) is 1. The van der Waals surface area contributed by atoms with Crippen molar-refractivity contribution in [3.05, 3.63) is 35.3 Å². The number of thiazole rings is 1. The number of unbranched alkanes of at least 4 members (excludes halogenated alkanes) is 1. The zero-order valence-electron chi connectivity index (χ0n) is 13.6. The van der Waals surface area contributed by atoms with Crippen LogP contribution in [0.25, 0.3) is 0 Å². The summed E-state index contributed by atoms with van der Waals surface area (Å²) in [4.78, 5) is 1.10. The summed E-state index contributed by atoms with van der Waals surface area (Å²) in [5.74, 6) is -0.217. The molecule has 0 saturated heterocycles. The van der Waals surface area contributed by atoms with Gasteiger partial charge in [-0.2, -0.15) is 8.42 Å². The molecule has 0 bridgehead atoms. The van der Waals surface area contributed by atoms with E-state index in [1.807, 2.05) is 49.0 Å². The van der Waals surface area contributed by atoms with Gasteiger partial charge in [0, 0.05) is 17.6 Å². The molecule has 0 radical (unpaired) electrons. The molecular formula is C15H21N4O3S2+. The lowest BCUT2D eigenvalue weighted by Crippen LogP contribution is -2.31. The molecule has 2 N–H and O–H groups in total. The Hall–Kier alpha value is -1.84. The van der Waals surface area contributed by atoms with Crippen molar-refractivity contribution < 1.29 is 17.5 Å². The van der Waals surface area contributed by atoms with Gasteiger partial charge in [0.15, 0.2) is 0 Å². The lowest BCUT2D eigenvalue weighted by Gasteiger charge is -1.98. The Balaban J connectivity index is 2.00. The molecule has 1 aromatic carbocycles. The lowest BCUT2D eigenvalue weighted by atomic mass is 10.3. The van der Waals surface area contributed by atoms with Crippen molar-refractivity contribution in [1.29, 1.82) is 0 Å². The van der Waals surface area contributed by atoms with Crippen LogP contribution in [0.15, 0.2) is 40.7 Å². The Morgan fingerprint density at radius 2 is 1.92 bits per heavy atom. The molecule has 0 aliphatic carbocycles. The van der Waals surface area contributed by atoms with Crippen LogP contribution in [-0.2, 0) is 16.7 Å². The van der Waals surface area contributed by atoms with Crippen molar-refractivity contribution in [3.8, 4) is 0 Å². The number of aromatic nitrogens is 1. The topological polar surface area (TPSA) is 95.0 Å². The molecule has 0 spiro atoms. The molecule has 9 heteroatoms. The highest BCUT2D eigenvalue weighted by Gasteiger charge is 2.15. The number of azo groups is 1. The number of benzene rings is 1. The maximum Gasteiger partial charge on any atom is 0.408 e. The molecule has 24 heavy (non-hydrogen) atoms. The van der Waals surface area contributed by atoms with Crippen molar-refractivity contribution in [1.82, 2.24) is 0 Å². The average molecular weight is 369 g/mol. The van der Waals surface area contributed by atoms with Gasteiger partial charge in [-0.15, -0.1) is 0 Å². The van der Waals surface area contributed by atoms with Gasteiger partial charge in [-0.25, -0.2) is 4.57 Å². The first-order valence-electron chi connectivity index (χ1n) is 7.52. The van der Waals surface area contributed by atoms with Crippen LogP contribution >= 0.6 is 11.3 Å². The fourth-order valence-corrected chi connectivity index (χ4v) is 3.48. The van der Waals surface area contributed by atoms with Crippen LogP contribution in [0.3, 0.4) is 0 Å². The average Bonchev–Trinajstić information content (AvgIpc) is 2.89. The highest BCUT2D eigenvalue weighted by Crippen LogP contribution is 2.23. The molecule has 0 fully saturated rings. The first kappa shape index (κ1) is 18.5. The number of aryl methyl sites for hydroxylation is 2. The maximum atomic E-state index is 10.7. The van der Waals surface area contributed by atoms with Crippen molar-refractivity contribution >= 4 is 38.0 Å². The van der Waals surface area contributed by atoms with Crippen LogP contribution in [0, 0.1) is 6.92 Å². The van der Waals surface area contributed by atoms with Crippen molar-refractivity contribution in [2.24, 2.45) is 10.2 Å². The van der Waals surface area contributed by atoms with E-state index >= 15 is 0 Å². The second-order valence-electron chi connectivity index (χ2n) is 5.31. The Morgan fingerprint density at radius 3 is 2.54 bits per heavy atom. The van der Waals surface area contributed by atoms with Gasteiger partial charge in [-0.05, 0) is 60.5 Å². The van der Waals surface area contributed by atoms with Gasteiger partial charge >= 0.3 is 5.13 Å². The minimum Gasteiger partial charge on any atom is -0.388 e.